The van der Waals surface area contributed by atoms with Gasteiger partial charge < -0.3 is 5.11 Å². The Hall–Kier alpha value is -3.02. The molecule has 6 heteroatoms. The fourth-order valence-electron chi connectivity index (χ4n) is 2.70. The lowest BCUT2D eigenvalue weighted by Crippen LogP contribution is -1.99. The van der Waals surface area contributed by atoms with E-state index in [4.69, 9.17) is 5.11 Å². The number of rotatable bonds is 5. The number of hydrogen-bond donors (Lipinski definition) is 1. The number of hydrogen-bond acceptors (Lipinski definition) is 4. The number of carbonyl (C=O) groups is 1. The van der Waals surface area contributed by atoms with Crippen LogP contribution in [0.15, 0.2) is 52.7 Å². The van der Waals surface area contributed by atoms with E-state index in [1.54, 1.807) is 24.3 Å². The van der Waals surface area contributed by atoms with Crippen LogP contribution in [0.2, 0.25) is 0 Å². The third-order valence-corrected chi connectivity index (χ3v) is 3.94. The quantitative estimate of drug-likeness (QED) is 0.679. The molecule has 0 radical (unpaired) electrons. The van der Waals surface area contributed by atoms with Gasteiger partial charge >= 0.3 is 5.97 Å². The number of aromatic nitrogens is 2. The molecule has 2 aromatic heterocycles. The number of pyridine rings is 1. The molecule has 0 unspecified atom stereocenters. The van der Waals surface area contributed by atoms with Gasteiger partial charge in [-0.1, -0.05) is 32.0 Å². The summed E-state index contributed by atoms with van der Waals surface area (Å²) in [6.45, 7) is 6.17. The van der Waals surface area contributed by atoms with Crippen LogP contribution in [-0.4, -0.2) is 20.5 Å². The fourth-order valence-corrected chi connectivity index (χ4v) is 2.70. The first-order valence-corrected chi connectivity index (χ1v) is 8.16. The average molecular weight is 336 g/mol. The number of benzene rings is 1. The molecule has 0 aliphatic rings. The summed E-state index contributed by atoms with van der Waals surface area (Å²) in [5.74, 6) is 0.112. The van der Waals surface area contributed by atoms with Gasteiger partial charge in [0, 0.05) is 5.69 Å². The third kappa shape index (κ3) is 3.57. The summed E-state index contributed by atoms with van der Waals surface area (Å²) < 4.78 is 2.00. The minimum atomic E-state index is -0.850. The molecule has 0 saturated heterocycles. The number of carboxylic acids is 1. The number of azo groups is 1. The first-order valence-electron chi connectivity index (χ1n) is 8.16. The highest BCUT2D eigenvalue weighted by molar-refractivity contribution is 5.70. The van der Waals surface area contributed by atoms with Gasteiger partial charge in [-0.25, -0.2) is 4.98 Å². The highest BCUT2D eigenvalue weighted by Gasteiger charge is 2.16. The van der Waals surface area contributed by atoms with Crippen molar-refractivity contribution >= 4 is 23.1 Å². The van der Waals surface area contributed by atoms with Crippen molar-refractivity contribution in [3.63, 3.8) is 0 Å². The summed E-state index contributed by atoms with van der Waals surface area (Å²) in [4.78, 5) is 15.4. The molecule has 0 spiro atoms. The Kier molecular flexibility index (Phi) is 4.61. The molecule has 0 saturated carbocycles. The standard InChI is InChI=1S/C19H20N4O2/c1-12(2)18-19(23-13(3)5-4-6-16(23)20-18)22-21-15-9-7-14(8-10-15)11-17(24)25/h4-10,12H,11H2,1-3H3,(H,24,25). The van der Waals surface area contributed by atoms with Crippen LogP contribution in [0.1, 0.15) is 36.7 Å². The van der Waals surface area contributed by atoms with E-state index in [1.807, 2.05) is 29.5 Å². The van der Waals surface area contributed by atoms with E-state index < -0.39 is 5.97 Å². The highest BCUT2D eigenvalue weighted by atomic mass is 16.4. The molecule has 0 bridgehead atoms. The predicted molar refractivity (Wildman–Crippen MR) is 96.0 cm³/mol. The topological polar surface area (TPSA) is 79.3 Å². The summed E-state index contributed by atoms with van der Waals surface area (Å²) in [5.41, 5.74) is 4.21. The molecule has 128 valence electrons. The molecule has 0 aliphatic carbocycles. The predicted octanol–water partition coefficient (Wildman–Crippen LogP) is 4.81. The van der Waals surface area contributed by atoms with Crippen LogP contribution in [0.3, 0.4) is 0 Å². The van der Waals surface area contributed by atoms with Gasteiger partial charge in [-0.15, -0.1) is 10.2 Å². The van der Waals surface area contributed by atoms with Gasteiger partial charge in [-0.2, -0.15) is 0 Å². The average Bonchev–Trinajstić information content (AvgIpc) is 2.94. The zero-order valence-electron chi connectivity index (χ0n) is 14.5. The summed E-state index contributed by atoms with van der Waals surface area (Å²) in [5, 5.41) is 17.6. The normalized spacial score (nSPS) is 11.7. The van der Waals surface area contributed by atoms with Gasteiger partial charge in [0.05, 0.1) is 17.8 Å². The lowest BCUT2D eigenvalue weighted by molar-refractivity contribution is -0.136. The van der Waals surface area contributed by atoms with Crippen LogP contribution in [0.25, 0.3) is 5.65 Å². The van der Waals surface area contributed by atoms with E-state index in [2.05, 4.69) is 29.1 Å². The first-order chi connectivity index (χ1) is 12.0. The maximum atomic E-state index is 10.7. The highest BCUT2D eigenvalue weighted by Crippen LogP contribution is 2.30. The molecule has 3 aromatic rings. The van der Waals surface area contributed by atoms with Gasteiger partial charge in [0.25, 0.3) is 0 Å². The van der Waals surface area contributed by atoms with Crippen LogP contribution in [0, 0.1) is 6.92 Å². The minimum absolute atomic E-state index is 0.00136. The lowest BCUT2D eigenvalue weighted by atomic mass is 10.1. The van der Waals surface area contributed by atoms with E-state index >= 15 is 0 Å². The lowest BCUT2D eigenvalue weighted by Gasteiger charge is -2.04. The van der Waals surface area contributed by atoms with Gasteiger partial charge in [0.2, 0.25) is 0 Å². The second-order valence-corrected chi connectivity index (χ2v) is 6.27. The molecular weight excluding hydrogens is 316 g/mol. The molecule has 0 amide bonds. The molecular formula is C19H20N4O2. The number of nitrogens with zero attached hydrogens (tertiary/aromatic N) is 4. The minimum Gasteiger partial charge on any atom is -0.481 e. The maximum absolute atomic E-state index is 10.7. The first kappa shape index (κ1) is 16.8. The number of carboxylic acid groups (broad SMARTS) is 1. The van der Waals surface area contributed by atoms with Crippen LogP contribution in [0.4, 0.5) is 11.5 Å². The molecule has 3 rings (SSSR count). The van der Waals surface area contributed by atoms with Crippen LogP contribution < -0.4 is 0 Å². The number of aryl methyl sites for hydroxylation is 1. The van der Waals surface area contributed by atoms with Crippen molar-refractivity contribution in [2.75, 3.05) is 0 Å². The molecule has 2 heterocycles. The summed E-state index contributed by atoms with van der Waals surface area (Å²) >= 11 is 0. The SMILES string of the molecule is Cc1cccc2nc(C(C)C)c(N=Nc3ccc(CC(=O)O)cc3)n12. The zero-order valence-corrected chi connectivity index (χ0v) is 14.5. The van der Waals surface area contributed by atoms with E-state index in [0.717, 1.165) is 28.4 Å². The Balaban J connectivity index is 1.98. The Morgan fingerprint density at radius 2 is 1.88 bits per heavy atom. The van der Waals surface area contributed by atoms with Crippen LogP contribution >= 0.6 is 0 Å². The second-order valence-electron chi connectivity index (χ2n) is 6.27. The van der Waals surface area contributed by atoms with Crippen molar-refractivity contribution in [2.24, 2.45) is 10.2 Å². The molecule has 0 fully saturated rings. The van der Waals surface area contributed by atoms with Crippen molar-refractivity contribution in [3.8, 4) is 0 Å². The van der Waals surface area contributed by atoms with Crippen molar-refractivity contribution in [1.82, 2.24) is 9.38 Å². The van der Waals surface area contributed by atoms with E-state index in [0.29, 0.717) is 5.69 Å². The third-order valence-electron chi connectivity index (χ3n) is 3.94. The molecule has 25 heavy (non-hydrogen) atoms. The maximum Gasteiger partial charge on any atom is 0.307 e. The Morgan fingerprint density at radius 3 is 2.52 bits per heavy atom. The summed E-state index contributed by atoms with van der Waals surface area (Å²) in [6, 6.07) is 13.0. The largest absolute Gasteiger partial charge is 0.481 e. The molecule has 1 aromatic carbocycles. The van der Waals surface area contributed by atoms with Gasteiger partial charge in [0.1, 0.15) is 5.65 Å². The van der Waals surface area contributed by atoms with Gasteiger partial charge in [-0.05, 0) is 42.7 Å². The van der Waals surface area contributed by atoms with Crippen molar-refractivity contribution < 1.29 is 9.90 Å². The molecule has 0 atom stereocenters. The van der Waals surface area contributed by atoms with Gasteiger partial charge in [-0.3, -0.25) is 9.20 Å². The Labute approximate surface area is 145 Å². The smallest absolute Gasteiger partial charge is 0.307 e. The Morgan fingerprint density at radius 1 is 1.16 bits per heavy atom. The van der Waals surface area contributed by atoms with Crippen LogP contribution in [-0.2, 0) is 11.2 Å². The van der Waals surface area contributed by atoms with Crippen molar-refractivity contribution in [2.45, 2.75) is 33.1 Å². The summed E-state index contributed by atoms with van der Waals surface area (Å²) in [6.07, 6.45) is 0.00136. The molecule has 0 aliphatic heterocycles. The van der Waals surface area contributed by atoms with Gasteiger partial charge in [0.15, 0.2) is 5.82 Å². The molecule has 1 N–H and O–H groups in total. The summed E-state index contributed by atoms with van der Waals surface area (Å²) in [7, 11) is 0. The second kappa shape index (κ2) is 6.84. The number of imidazole rings is 1. The Bertz CT molecular complexity index is 940. The molecule has 6 nitrogen and oxygen atoms in total. The van der Waals surface area contributed by atoms with Crippen molar-refractivity contribution in [1.29, 1.82) is 0 Å². The number of aliphatic carboxylic acids is 1. The van der Waals surface area contributed by atoms with E-state index in [9.17, 15) is 4.79 Å². The van der Waals surface area contributed by atoms with E-state index in [1.165, 1.54) is 0 Å². The zero-order chi connectivity index (χ0) is 18.0. The van der Waals surface area contributed by atoms with E-state index in [-0.39, 0.29) is 12.3 Å². The van der Waals surface area contributed by atoms with Crippen molar-refractivity contribution in [3.05, 3.63) is 59.4 Å². The fraction of sp³-hybridized carbons (Fsp3) is 0.263. The number of fused-ring (bicyclic) bond motifs is 1. The monoisotopic (exact) mass is 336 g/mol. The van der Waals surface area contributed by atoms with Crippen LogP contribution in [0.5, 0.6) is 0 Å².